The minimum absolute atomic E-state index is 0.168. The maximum absolute atomic E-state index is 2.29. The van der Waals surface area contributed by atoms with Crippen molar-refractivity contribution >= 4 is 12.2 Å². The van der Waals surface area contributed by atoms with Crippen LogP contribution in [0.4, 0.5) is 0 Å². The summed E-state index contributed by atoms with van der Waals surface area (Å²) < 4.78 is 2.22. The second-order valence-corrected chi connectivity index (χ2v) is 9.08. The molecule has 0 N–H and O–H groups in total. The molecule has 0 bridgehead atoms. The van der Waals surface area contributed by atoms with E-state index in [2.05, 4.69) is 142 Å². The van der Waals surface area contributed by atoms with E-state index in [1.165, 1.54) is 39.1 Å². The molecule has 0 aliphatic carbocycles. The van der Waals surface area contributed by atoms with Crippen LogP contribution < -0.4 is 4.57 Å². The standard InChI is InChI=1S/C30H30N/c1-30(2,3)27-19-16-23(17-20-27)15-18-26-21-29(25-13-9-6-10-14-25)31(4)22-28(26)24-11-7-5-8-12-24/h5-22H,1-4H3/q+1/b18-15+. The molecule has 1 heteroatoms. The Morgan fingerprint density at radius 1 is 0.677 bits per heavy atom. The van der Waals surface area contributed by atoms with Crippen LogP contribution in [-0.4, -0.2) is 0 Å². The predicted octanol–water partition coefficient (Wildman–Crippen LogP) is 7.31. The van der Waals surface area contributed by atoms with Crippen LogP contribution in [-0.2, 0) is 12.5 Å². The monoisotopic (exact) mass is 404 g/mol. The van der Waals surface area contributed by atoms with Gasteiger partial charge in [-0.2, -0.15) is 0 Å². The lowest BCUT2D eigenvalue weighted by Gasteiger charge is -2.18. The van der Waals surface area contributed by atoms with Crippen molar-refractivity contribution in [3.05, 3.63) is 114 Å². The Balaban J connectivity index is 1.78. The number of hydrogen-bond acceptors (Lipinski definition) is 0. The van der Waals surface area contributed by atoms with Gasteiger partial charge in [0.2, 0.25) is 5.69 Å². The van der Waals surface area contributed by atoms with Crippen molar-refractivity contribution in [1.29, 1.82) is 0 Å². The summed E-state index contributed by atoms with van der Waals surface area (Å²) in [5.74, 6) is 0. The van der Waals surface area contributed by atoms with Crippen molar-refractivity contribution < 1.29 is 4.57 Å². The van der Waals surface area contributed by atoms with E-state index >= 15 is 0 Å². The molecular formula is C30H30N+. The van der Waals surface area contributed by atoms with Crippen molar-refractivity contribution in [2.45, 2.75) is 26.2 Å². The van der Waals surface area contributed by atoms with Gasteiger partial charge in [-0.15, -0.1) is 0 Å². The largest absolute Gasteiger partial charge is 0.212 e. The van der Waals surface area contributed by atoms with Gasteiger partial charge >= 0.3 is 0 Å². The Labute approximate surface area is 186 Å². The highest BCUT2D eigenvalue weighted by Gasteiger charge is 2.16. The average Bonchev–Trinajstić information content (AvgIpc) is 2.79. The summed E-state index contributed by atoms with van der Waals surface area (Å²) in [6.07, 6.45) is 6.68. The van der Waals surface area contributed by atoms with E-state index in [4.69, 9.17) is 0 Å². The minimum Gasteiger partial charge on any atom is -0.200 e. The summed E-state index contributed by atoms with van der Waals surface area (Å²) in [5.41, 5.74) is 8.81. The topological polar surface area (TPSA) is 3.88 Å². The molecular weight excluding hydrogens is 374 g/mol. The Bertz CT molecular complexity index is 1180. The summed E-state index contributed by atoms with van der Waals surface area (Å²) in [7, 11) is 2.12. The first-order chi connectivity index (χ1) is 14.9. The van der Waals surface area contributed by atoms with E-state index in [1.54, 1.807) is 0 Å². The lowest BCUT2D eigenvalue weighted by molar-refractivity contribution is -0.659. The third kappa shape index (κ3) is 4.83. The Kier molecular flexibility index (Phi) is 5.86. The molecule has 4 aromatic rings. The zero-order valence-electron chi connectivity index (χ0n) is 18.8. The summed E-state index contributed by atoms with van der Waals surface area (Å²) in [5, 5.41) is 0. The van der Waals surface area contributed by atoms with Gasteiger partial charge in [0, 0.05) is 11.6 Å². The molecule has 0 saturated carbocycles. The van der Waals surface area contributed by atoms with Crippen LogP contribution in [0.2, 0.25) is 0 Å². The highest BCUT2D eigenvalue weighted by atomic mass is 14.9. The second-order valence-electron chi connectivity index (χ2n) is 9.08. The van der Waals surface area contributed by atoms with Crippen LogP contribution in [0, 0.1) is 0 Å². The lowest BCUT2D eigenvalue weighted by Crippen LogP contribution is -2.31. The van der Waals surface area contributed by atoms with Gasteiger partial charge in [0.05, 0.1) is 5.56 Å². The SMILES string of the molecule is C[n+]1cc(-c2ccccc2)c(/C=C/c2ccc(C(C)(C)C)cc2)cc1-c1ccccc1. The molecule has 0 unspecified atom stereocenters. The van der Waals surface area contributed by atoms with Gasteiger partial charge in [-0.1, -0.05) is 106 Å². The number of aromatic nitrogens is 1. The zero-order chi connectivity index (χ0) is 21.8. The second kappa shape index (κ2) is 8.73. The third-order valence-corrected chi connectivity index (χ3v) is 5.69. The molecule has 31 heavy (non-hydrogen) atoms. The van der Waals surface area contributed by atoms with Gasteiger partial charge in [0.25, 0.3) is 0 Å². The van der Waals surface area contributed by atoms with E-state index < -0.39 is 0 Å². The molecule has 0 spiro atoms. The summed E-state index contributed by atoms with van der Waals surface area (Å²) in [6, 6.07) is 32.3. The molecule has 1 aromatic heterocycles. The van der Waals surface area contributed by atoms with Gasteiger partial charge in [0.15, 0.2) is 6.20 Å². The predicted molar refractivity (Wildman–Crippen MR) is 133 cm³/mol. The smallest absolute Gasteiger partial charge is 0.200 e. The van der Waals surface area contributed by atoms with Crippen LogP contribution >= 0.6 is 0 Å². The number of nitrogens with zero attached hydrogens (tertiary/aromatic N) is 1. The van der Waals surface area contributed by atoms with Gasteiger partial charge < -0.3 is 0 Å². The van der Waals surface area contributed by atoms with E-state index in [-0.39, 0.29) is 5.41 Å². The van der Waals surface area contributed by atoms with Crippen molar-refractivity contribution in [2.75, 3.05) is 0 Å². The molecule has 154 valence electrons. The first-order valence-electron chi connectivity index (χ1n) is 10.8. The third-order valence-electron chi connectivity index (χ3n) is 5.69. The van der Waals surface area contributed by atoms with Crippen molar-refractivity contribution in [1.82, 2.24) is 0 Å². The fourth-order valence-electron chi connectivity index (χ4n) is 3.84. The molecule has 1 heterocycles. The highest BCUT2D eigenvalue weighted by molar-refractivity contribution is 5.81. The first kappa shape index (κ1) is 20.8. The normalized spacial score (nSPS) is 11.7. The fraction of sp³-hybridized carbons (Fsp3) is 0.167. The number of pyridine rings is 1. The van der Waals surface area contributed by atoms with Crippen LogP contribution in [0.5, 0.6) is 0 Å². The molecule has 0 atom stereocenters. The summed E-state index contributed by atoms with van der Waals surface area (Å²) >= 11 is 0. The van der Waals surface area contributed by atoms with E-state index in [1.807, 2.05) is 0 Å². The number of benzene rings is 3. The van der Waals surface area contributed by atoms with Crippen molar-refractivity contribution in [3.63, 3.8) is 0 Å². The van der Waals surface area contributed by atoms with Crippen LogP contribution in [0.3, 0.4) is 0 Å². The number of rotatable bonds is 4. The lowest BCUT2D eigenvalue weighted by atomic mass is 9.86. The van der Waals surface area contributed by atoms with Crippen LogP contribution in [0.15, 0.2) is 97.2 Å². The highest BCUT2D eigenvalue weighted by Crippen LogP contribution is 2.28. The molecule has 0 aliphatic heterocycles. The quantitative estimate of drug-likeness (QED) is 0.314. The molecule has 0 aliphatic rings. The Hall–Kier alpha value is -3.45. The molecule has 0 saturated heterocycles. The Morgan fingerprint density at radius 2 is 1.26 bits per heavy atom. The molecule has 0 fully saturated rings. The summed E-state index contributed by atoms with van der Waals surface area (Å²) in [4.78, 5) is 0. The van der Waals surface area contributed by atoms with Crippen LogP contribution in [0.25, 0.3) is 34.5 Å². The molecule has 0 amide bonds. The summed E-state index contributed by atoms with van der Waals surface area (Å²) in [6.45, 7) is 6.75. The number of aryl methyl sites for hydroxylation is 1. The molecule has 3 aromatic carbocycles. The average molecular weight is 405 g/mol. The van der Waals surface area contributed by atoms with E-state index in [0.29, 0.717) is 0 Å². The number of hydrogen-bond donors (Lipinski definition) is 0. The maximum atomic E-state index is 2.29. The van der Waals surface area contributed by atoms with Gasteiger partial charge in [-0.25, -0.2) is 4.57 Å². The van der Waals surface area contributed by atoms with Gasteiger partial charge in [-0.05, 0) is 39.8 Å². The van der Waals surface area contributed by atoms with Gasteiger partial charge in [-0.3, -0.25) is 0 Å². The van der Waals surface area contributed by atoms with E-state index in [9.17, 15) is 0 Å². The van der Waals surface area contributed by atoms with E-state index in [0.717, 1.165) is 0 Å². The first-order valence-corrected chi connectivity index (χ1v) is 10.8. The van der Waals surface area contributed by atoms with Gasteiger partial charge in [0.1, 0.15) is 7.05 Å². The zero-order valence-corrected chi connectivity index (χ0v) is 18.8. The minimum atomic E-state index is 0.168. The fourth-order valence-corrected chi connectivity index (χ4v) is 3.84. The molecule has 4 rings (SSSR count). The molecule has 1 nitrogen and oxygen atoms in total. The Morgan fingerprint density at radius 3 is 1.84 bits per heavy atom. The molecule has 0 radical (unpaired) electrons. The van der Waals surface area contributed by atoms with Crippen molar-refractivity contribution in [3.8, 4) is 22.4 Å². The van der Waals surface area contributed by atoms with Crippen molar-refractivity contribution in [2.24, 2.45) is 7.05 Å². The maximum Gasteiger partial charge on any atom is 0.212 e. The van der Waals surface area contributed by atoms with Crippen LogP contribution in [0.1, 0.15) is 37.5 Å².